The molecule has 2 rings (SSSR count). The minimum absolute atomic E-state index is 0.0233. The Hall–Kier alpha value is -1.30. The molecule has 3 N–H and O–H groups in total. The molecule has 3 atom stereocenters. The number of nitrogens with one attached hydrogen (secondary N) is 1. The molecule has 1 fully saturated rings. The molecular formula is C14H22N2O3. The number of benzene rings is 1. The van der Waals surface area contributed by atoms with Gasteiger partial charge in [0.15, 0.2) is 0 Å². The number of methoxy groups -OCH3 is 2. The second-order valence-electron chi connectivity index (χ2n) is 4.82. The third-order valence-electron chi connectivity index (χ3n) is 3.73. The summed E-state index contributed by atoms with van der Waals surface area (Å²) in [6, 6.07) is 5.56. The van der Waals surface area contributed by atoms with Crippen LogP contribution in [-0.4, -0.2) is 26.9 Å². The van der Waals surface area contributed by atoms with Gasteiger partial charge in [-0.2, -0.15) is 0 Å². The molecule has 0 amide bonds. The fourth-order valence-corrected chi connectivity index (χ4v) is 2.67. The summed E-state index contributed by atoms with van der Waals surface area (Å²) in [5.74, 6) is 7.70. The van der Waals surface area contributed by atoms with E-state index in [1.807, 2.05) is 18.2 Å². The van der Waals surface area contributed by atoms with Crippen molar-refractivity contribution in [3.63, 3.8) is 0 Å². The maximum absolute atomic E-state index is 5.82. The molecule has 0 aromatic heterocycles. The predicted octanol–water partition coefficient (Wildman–Crippen LogP) is 1.63. The summed E-state index contributed by atoms with van der Waals surface area (Å²) < 4.78 is 16.7. The van der Waals surface area contributed by atoms with E-state index < -0.39 is 0 Å². The summed E-state index contributed by atoms with van der Waals surface area (Å²) in [7, 11) is 3.29. The molecule has 3 unspecified atom stereocenters. The highest BCUT2D eigenvalue weighted by molar-refractivity contribution is 5.47. The molecule has 1 saturated heterocycles. The highest BCUT2D eigenvalue weighted by atomic mass is 16.5. The second-order valence-corrected chi connectivity index (χ2v) is 4.82. The zero-order valence-corrected chi connectivity index (χ0v) is 11.7. The van der Waals surface area contributed by atoms with Crippen LogP contribution < -0.4 is 20.7 Å². The molecule has 1 aliphatic rings. The average molecular weight is 266 g/mol. The van der Waals surface area contributed by atoms with Crippen LogP contribution in [0.25, 0.3) is 0 Å². The molecule has 0 saturated carbocycles. The van der Waals surface area contributed by atoms with Crippen molar-refractivity contribution in [2.45, 2.75) is 25.5 Å². The van der Waals surface area contributed by atoms with Gasteiger partial charge in [0.1, 0.15) is 11.5 Å². The Balaban J connectivity index is 2.41. The van der Waals surface area contributed by atoms with Crippen LogP contribution in [0.5, 0.6) is 11.5 Å². The summed E-state index contributed by atoms with van der Waals surface area (Å²) in [5.41, 5.74) is 3.77. The van der Waals surface area contributed by atoms with Gasteiger partial charge in [0.2, 0.25) is 0 Å². The van der Waals surface area contributed by atoms with Gasteiger partial charge in [-0.1, -0.05) is 13.0 Å². The van der Waals surface area contributed by atoms with E-state index in [1.54, 1.807) is 14.2 Å². The number of rotatable bonds is 5. The Morgan fingerprint density at radius 3 is 2.37 bits per heavy atom. The smallest absolute Gasteiger partial charge is 0.127 e. The summed E-state index contributed by atoms with van der Waals surface area (Å²) in [6.07, 6.45) is 1.07. The van der Waals surface area contributed by atoms with E-state index in [9.17, 15) is 0 Å². The lowest BCUT2D eigenvalue weighted by molar-refractivity contribution is 0.0591. The lowest BCUT2D eigenvalue weighted by Crippen LogP contribution is -2.39. The van der Waals surface area contributed by atoms with Crippen molar-refractivity contribution < 1.29 is 14.2 Å². The largest absolute Gasteiger partial charge is 0.496 e. The van der Waals surface area contributed by atoms with Gasteiger partial charge in [0, 0.05) is 6.61 Å². The Labute approximate surface area is 114 Å². The zero-order valence-electron chi connectivity index (χ0n) is 11.7. The van der Waals surface area contributed by atoms with E-state index in [2.05, 4.69) is 12.3 Å². The van der Waals surface area contributed by atoms with E-state index in [4.69, 9.17) is 20.1 Å². The first-order valence-electron chi connectivity index (χ1n) is 6.51. The first-order chi connectivity index (χ1) is 9.22. The van der Waals surface area contributed by atoms with Crippen LogP contribution in [0.2, 0.25) is 0 Å². The fourth-order valence-electron chi connectivity index (χ4n) is 2.67. The maximum Gasteiger partial charge on any atom is 0.127 e. The van der Waals surface area contributed by atoms with Gasteiger partial charge in [0.25, 0.3) is 0 Å². The van der Waals surface area contributed by atoms with Crippen LogP contribution in [0, 0.1) is 5.92 Å². The van der Waals surface area contributed by atoms with Crippen molar-refractivity contribution in [1.29, 1.82) is 0 Å². The Bertz CT molecular complexity index is 403. The minimum Gasteiger partial charge on any atom is -0.496 e. The van der Waals surface area contributed by atoms with Crippen molar-refractivity contribution >= 4 is 0 Å². The number of hydrazine groups is 1. The van der Waals surface area contributed by atoms with Gasteiger partial charge in [-0.3, -0.25) is 11.3 Å². The number of ether oxygens (including phenoxy) is 3. The molecule has 1 heterocycles. The van der Waals surface area contributed by atoms with E-state index in [-0.39, 0.29) is 12.1 Å². The normalized spacial score (nSPS) is 24.2. The summed E-state index contributed by atoms with van der Waals surface area (Å²) in [6.45, 7) is 2.94. The van der Waals surface area contributed by atoms with Crippen molar-refractivity contribution in [2.75, 3.05) is 20.8 Å². The lowest BCUT2D eigenvalue weighted by atomic mass is 9.92. The summed E-state index contributed by atoms with van der Waals surface area (Å²) in [4.78, 5) is 0. The standard InChI is InChI=1S/C14H22N2O3/c1-9-7-8-19-14(9)13(16-15)12-10(17-2)5-4-6-11(12)18-3/h4-6,9,13-14,16H,7-8,15H2,1-3H3. The van der Waals surface area contributed by atoms with Crippen LogP contribution in [-0.2, 0) is 4.74 Å². The van der Waals surface area contributed by atoms with Crippen molar-refractivity contribution in [2.24, 2.45) is 11.8 Å². The van der Waals surface area contributed by atoms with Crippen LogP contribution in [0.4, 0.5) is 0 Å². The molecule has 0 spiro atoms. The minimum atomic E-state index is -0.149. The van der Waals surface area contributed by atoms with E-state index in [0.717, 1.165) is 30.1 Å². The number of nitrogens with two attached hydrogens (primary N) is 1. The third-order valence-corrected chi connectivity index (χ3v) is 3.73. The Morgan fingerprint density at radius 1 is 1.32 bits per heavy atom. The Kier molecular flexibility index (Phi) is 4.63. The van der Waals surface area contributed by atoms with E-state index in [1.165, 1.54) is 0 Å². The molecule has 0 bridgehead atoms. The van der Waals surface area contributed by atoms with E-state index in [0.29, 0.717) is 5.92 Å². The van der Waals surface area contributed by atoms with Gasteiger partial charge < -0.3 is 14.2 Å². The van der Waals surface area contributed by atoms with Gasteiger partial charge >= 0.3 is 0 Å². The molecule has 1 aromatic rings. The molecule has 0 radical (unpaired) electrons. The van der Waals surface area contributed by atoms with Crippen molar-refractivity contribution in [1.82, 2.24) is 5.43 Å². The molecule has 19 heavy (non-hydrogen) atoms. The molecular weight excluding hydrogens is 244 g/mol. The molecule has 106 valence electrons. The first kappa shape index (κ1) is 14.1. The quantitative estimate of drug-likeness (QED) is 0.626. The average Bonchev–Trinajstić information content (AvgIpc) is 2.86. The van der Waals surface area contributed by atoms with Crippen LogP contribution >= 0.6 is 0 Å². The van der Waals surface area contributed by atoms with Gasteiger partial charge in [-0.15, -0.1) is 0 Å². The lowest BCUT2D eigenvalue weighted by Gasteiger charge is -2.28. The van der Waals surface area contributed by atoms with Crippen molar-refractivity contribution in [3.8, 4) is 11.5 Å². The highest BCUT2D eigenvalue weighted by Gasteiger charge is 2.35. The summed E-state index contributed by atoms with van der Waals surface area (Å²) >= 11 is 0. The topological polar surface area (TPSA) is 65.7 Å². The molecule has 1 aromatic carbocycles. The molecule has 5 nitrogen and oxygen atoms in total. The monoisotopic (exact) mass is 266 g/mol. The highest BCUT2D eigenvalue weighted by Crippen LogP contribution is 2.39. The number of hydrogen-bond acceptors (Lipinski definition) is 5. The fraction of sp³-hybridized carbons (Fsp3) is 0.571. The molecule has 0 aliphatic carbocycles. The zero-order chi connectivity index (χ0) is 13.8. The number of hydrogen-bond donors (Lipinski definition) is 2. The van der Waals surface area contributed by atoms with Crippen molar-refractivity contribution in [3.05, 3.63) is 23.8 Å². The Morgan fingerprint density at radius 2 is 1.95 bits per heavy atom. The van der Waals surface area contributed by atoms with E-state index >= 15 is 0 Å². The SMILES string of the molecule is COc1cccc(OC)c1C(NN)C1OCCC1C. The van der Waals surface area contributed by atoms with Crippen LogP contribution in [0.15, 0.2) is 18.2 Å². The maximum atomic E-state index is 5.82. The van der Waals surface area contributed by atoms with Crippen LogP contribution in [0.3, 0.4) is 0 Å². The van der Waals surface area contributed by atoms with Gasteiger partial charge in [-0.25, -0.2) is 0 Å². The molecule has 1 aliphatic heterocycles. The van der Waals surface area contributed by atoms with Gasteiger partial charge in [-0.05, 0) is 24.5 Å². The second kappa shape index (κ2) is 6.23. The third kappa shape index (κ3) is 2.68. The predicted molar refractivity (Wildman–Crippen MR) is 73.1 cm³/mol. The summed E-state index contributed by atoms with van der Waals surface area (Å²) in [5, 5.41) is 0. The first-order valence-corrected chi connectivity index (χ1v) is 6.51. The van der Waals surface area contributed by atoms with Gasteiger partial charge in [0.05, 0.1) is 31.9 Å². The van der Waals surface area contributed by atoms with Crippen LogP contribution in [0.1, 0.15) is 24.9 Å². The molecule has 5 heteroatoms.